The first kappa shape index (κ1) is 27.4. The molecule has 0 radical (unpaired) electrons. The van der Waals surface area contributed by atoms with Crippen LogP contribution in [0.25, 0.3) is 0 Å². The molecule has 4 atom stereocenters. The van der Waals surface area contributed by atoms with E-state index in [9.17, 15) is 14.4 Å². The molecule has 0 aromatic carbocycles. The number of likely N-dealkylation sites (tertiary alicyclic amines) is 1. The molecule has 2 amide bonds. The van der Waals surface area contributed by atoms with Crippen LogP contribution < -0.4 is 22.1 Å². The number of halogens is 2. The Balaban J connectivity index is 0.00000392. The molecule has 168 valence electrons. The quantitative estimate of drug-likeness (QED) is 0.176. The van der Waals surface area contributed by atoms with Crippen molar-refractivity contribution >= 4 is 48.9 Å². The highest BCUT2D eigenvalue weighted by Crippen LogP contribution is 2.25. The Labute approximate surface area is 184 Å². The lowest BCUT2D eigenvalue weighted by molar-refractivity contribution is -0.140. The van der Waals surface area contributed by atoms with Crippen molar-refractivity contribution in [2.45, 2.75) is 63.6 Å². The number of aliphatic imine (C=N–C) groups is 1. The van der Waals surface area contributed by atoms with Crippen LogP contribution in [0, 0.1) is 5.92 Å². The van der Waals surface area contributed by atoms with Crippen molar-refractivity contribution in [3.8, 4) is 0 Å². The zero-order chi connectivity index (χ0) is 19.8. The van der Waals surface area contributed by atoms with E-state index in [-0.39, 0.29) is 54.5 Å². The lowest BCUT2D eigenvalue weighted by atomic mass is 10.0. The Morgan fingerprint density at radius 2 is 2.03 bits per heavy atom. The van der Waals surface area contributed by atoms with E-state index >= 15 is 0 Å². The molecule has 2 aliphatic rings. The number of guanidine groups is 1. The molecule has 0 bridgehead atoms. The van der Waals surface area contributed by atoms with Crippen LogP contribution in [0.5, 0.6) is 0 Å². The van der Waals surface area contributed by atoms with Crippen molar-refractivity contribution in [1.29, 1.82) is 0 Å². The van der Waals surface area contributed by atoms with Crippen molar-refractivity contribution in [1.82, 2.24) is 15.5 Å². The molecule has 29 heavy (non-hydrogen) atoms. The highest BCUT2D eigenvalue weighted by molar-refractivity contribution is 5.91. The zero-order valence-electron chi connectivity index (χ0n) is 16.8. The normalized spacial score (nSPS) is 24.4. The van der Waals surface area contributed by atoms with Crippen molar-refractivity contribution in [2.24, 2.45) is 22.4 Å². The van der Waals surface area contributed by atoms with Gasteiger partial charge in [0.25, 0.3) is 0 Å². The largest absolute Gasteiger partial charge is 0.370 e. The summed E-state index contributed by atoms with van der Waals surface area (Å²) in [4.78, 5) is 42.5. The van der Waals surface area contributed by atoms with Crippen LogP contribution in [0.4, 0.5) is 0 Å². The summed E-state index contributed by atoms with van der Waals surface area (Å²) in [6, 6.07) is -1.33. The molecule has 2 rings (SSSR count). The van der Waals surface area contributed by atoms with Crippen LogP contribution in [0.1, 0.15) is 45.4 Å². The van der Waals surface area contributed by atoms with E-state index < -0.39 is 12.1 Å². The Kier molecular flexibility index (Phi) is 12.9. The molecular formula is C18H34Cl2N6O3. The number of piperidine rings is 1. The van der Waals surface area contributed by atoms with E-state index in [1.165, 1.54) is 0 Å². The summed E-state index contributed by atoms with van der Waals surface area (Å²) in [5, 5.41) is 6.03. The summed E-state index contributed by atoms with van der Waals surface area (Å²) in [5.74, 6) is -0.00555. The number of rotatable bonds is 8. The Hall–Kier alpha value is -1.58. The summed E-state index contributed by atoms with van der Waals surface area (Å²) in [6.07, 6.45) is 5.27. The van der Waals surface area contributed by atoms with E-state index in [1.54, 1.807) is 4.90 Å². The average molecular weight is 453 g/mol. The molecule has 0 saturated carbocycles. The van der Waals surface area contributed by atoms with Crippen molar-refractivity contribution in [2.75, 3.05) is 19.6 Å². The molecule has 0 unspecified atom stereocenters. The minimum Gasteiger partial charge on any atom is -0.370 e. The smallest absolute Gasteiger partial charge is 0.243 e. The highest BCUT2D eigenvalue weighted by Gasteiger charge is 2.40. The average Bonchev–Trinajstić information content (AvgIpc) is 3.05. The third-order valence-corrected chi connectivity index (χ3v) is 5.16. The van der Waals surface area contributed by atoms with Crippen LogP contribution >= 0.6 is 24.8 Å². The maximum Gasteiger partial charge on any atom is 0.243 e. The fourth-order valence-electron chi connectivity index (χ4n) is 3.77. The SMILES string of the molecule is C[C@H]1C[C@@H](C(=O)N[C@H](C=O)CCCN=C(N)N)N(C(=O)[C@H]2CCCCN2)C1.Cl.Cl. The van der Waals surface area contributed by atoms with E-state index in [1.807, 2.05) is 6.92 Å². The minimum atomic E-state index is -0.604. The van der Waals surface area contributed by atoms with Crippen molar-refractivity contribution in [3.63, 3.8) is 0 Å². The summed E-state index contributed by atoms with van der Waals surface area (Å²) in [6.45, 7) is 3.85. The van der Waals surface area contributed by atoms with Gasteiger partial charge in [-0.2, -0.15) is 0 Å². The van der Waals surface area contributed by atoms with Gasteiger partial charge in [-0.1, -0.05) is 13.3 Å². The molecule has 2 saturated heterocycles. The number of hydrogen-bond acceptors (Lipinski definition) is 5. The van der Waals surface area contributed by atoms with Gasteiger partial charge in [0.05, 0.1) is 12.1 Å². The van der Waals surface area contributed by atoms with Gasteiger partial charge in [0, 0.05) is 13.1 Å². The zero-order valence-corrected chi connectivity index (χ0v) is 18.5. The predicted octanol–water partition coefficient (Wildman–Crippen LogP) is -0.0536. The van der Waals surface area contributed by atoms with Gasteiger partial charge in [-0.3, -0.25) is 14.6 Å². The van der Waals surface area contributed by atoms with Gasteiger partial charge in [0.1, 0.15) is 12.3 Å². The van der Waals surface area contributed by atoms with Crippen LogP contribution in [0.2, 0.25) is 0 Å². The molecule has 0 aromatic rings. The first-order valence-corrected chi connectivity index (χ1v) is 9.77. The topological polar surface area (TPSA) is 143 Å². The standard InChI is InChI=1S/C18H32N6O3.2ClH/c1-12-9-15(24(10-12)17(27)14-6-2-3-7-21-14)16(26)23-13(11-25)5-4-8-22-18(19)20;;/h11-15,21H,2-10H2,1H3,(H,23,26)(H4,19,20,22);2*1H/t12-,13-,14+,15-;;/m0../s1. The van der Waals surface area contributed by atoms with Gasteiger partial charge in [0.15, 0.2) is 5.96 Å². The van der Waals surface area contributed by atoms with Crippen LogP contribution in [-0.2, 0) is 14.4 Å². The van der Waals surface area contributed by atoms with Gasteiger partial charge in [-0.25, -0.2) is 0 Å². The van der Waals surface area contributed by atoms with Gasteiger partial charge in [-0.05, 0) is 44.6 Å². The number of aldehydes is 1. The van der Waals surface area contributed by atoms with E-state index in [4.69, 9.17) is 11.5 Å². The number of carbonyl (C=O) groups is 3. The number of carbonyl (C=O) groups excluding carboxylic acids is 3. The van der Waals surface area contributed by atoms with Crippen molar-refractivity contribution in [3.05, 3.63) is 0 Å². The van der Waals surface area contributed by atoms with Crippen LogP contribution in [0.15, 0.2) is 4.99 Å². The van der Waals surface area contributed by atoms with E-state index in [0.717, 1.165) is 32.1 Å². The maximum atomic E-state index is 12.9. The molecule has 2 heterocycles. The van der Waals surface area contributed by atoms with Crippen molar-refractivity contribution < 1.29 is 14.4 Å². The van der Waals surface area contributed by atoms with Crippen LogP contribution in [-0.4, -0.2) is 66.7 Å². The summed E-state index contributed by atoms with van der Waals surface area (Å²) < 4.78 is 0. The van der Waals surface area contributed by atoms with Gasteiger partial charge in [0.2, 0.25) is 11.8 Å². The number of hydrogen-bond donors (Lipinski definition) is 4. The second-order valence-electron chi connectivity index (χ2n) is 7.55. The van der Waals surface area contributed by atoms with Gasteiger partial charge in [-0.15, -0.1) is 24.8 Å². The lowest BCUT2D eigenvalue weighted by Crippen LogP contribution is -2.54. The summed E-state index contributed by atoms with van der Waals surface area (Å²) >= 11 is 0. The monoisotopic (exact) mass is 452 g/mol. The summed E-state index contributed by atoms with van der Waals surface area (Å²) in [7, 11) is 0. The first-order valence-electron chi connectivity index (χ1n) is 9.77. The third kappa shape index (κ3) is 8.36. The summed E-state index contributed by atoms with van der Waals surface area (Å²) in [5.41, 5.74) is 10.5. The minimum absolute atomic E-state index is 0. The fourth-order valence-corrected chi connectivity index (χ4v) is 3.77. The lowest BCUT2D eigenvalue weighted by Gasteiger charge is -2.31. The highest BCUT2D eigenvalue weighted by atomic mass is 35.5. The number of nitrogens with two attached hydrogens (primary N) is 2. The fraction of sp³-hybridized carbons (Fsp3) is 0.778. The second-order valence-corrected chi connectivity index (χ2v) is 7.55. The Morgan fingerprint density at radius 3 is 2.62 bits per heavy atom. The number of nitrogens with zero attached hydrogens (tertiary/aromatic N) is 2. The second kappa shape index (κ2) is 13.6. The molecule has 0 aromatic heterocycles. The van der Waals surface area contributed by atoms with E-state index in [0.29, 0.717) is 32.4 Å². The predicted molar refractivity (Wildman–Crippen MR) is 117 cm³/mol. The maximum absolute atomic E-state index is 12.9. The molecule has 0 aliphatic carbocycles. The molecule has 9 nitrogen and oxygen atoms in total. The van der Waals surface area contributed by atoms with E-state index in [2.05, 4.69) is 15.6 Å². The first-order chi connectivity index (χ1) is 12.9. The Bertz CT molecular complexity index is 568. The molecule has 2 fully saturated rings. The van der Waals surface area contributed by atoms with Gasteiger partial charge < -0.3 is 31.8 Å². The molecule has 6 N–H and O–H groups in total. The van der Waals surface area contributed by atoms with Gasteiger partial charge >= 0.3 is 0 Å². The Morgan fingerprint density at radius 1 is 1.31 bits per heavy atom. The van der Waals surface area contributed by atoms with Crippen LogP contribution in [0.3, 0.4) is 0 Å². The number of amides is 2. The molecule has 2 aliphatic heterocycles. The number of nitrogens with one attached hydrogen (secondary N) is 2. The molecular weight excluding hydrogens is 419 g/mol. The third-order valence-electron chi connectivity index (χ3n) is 5.16. The molecule has 11 heteroatoms. The molecule has 0 spiro atoms.